The van der Waals surface area contributed by atoms with Gasteiger partial charge in [-0.05, 0) is 42.2 Å². The molecule has 0 spiro atoms. The van der Waals surface area contributed by atoms with Gasteiger partial charge in [-0.2, -0.15) is 0 Å². The Labute approximate surface area is 173 Å². The van der Waals surface area contributed by atoms with Gasteiger partial charge in [0.05, 0.1) is 16.0 Å². The molecule has 2 bridgehead atoms. The second-order valence-electron chi connectivity index (χ2n) is 9.13. The number of amides is 1. The fourth-order valence-corrected chi connectivity index (χ4v) is 6.92. The summed E-state index contributed by atoms with van der Waals surface area (Å²) >= 11 is 2.92. The molecule has 2 fully saturated rings. The predicted octanol–water partition coefficient (Wildman–Crippen LogP) is 4.36. The van der Waals surface area contributed by atoms with Crippen molar-refractivity contribution in [2.24, 2.45) is 10.8 Å². The number of hydrogen-bond acceptors (Lipinski definition) is 6. The van der Waals surface area contributed by atoms with Crippen molar-refractivity contribution in [3.63, 3.8) is 0 Å². The summed E-state index contributed by atoms with van der Waals surface area (Å²) in [5.74, 6) is -0.266. The molecule has 1 aromatic heterocycles. The molecule has 2 aliphatic rings. The maximum Gasteiger partial charge on any atom is 0.316 e. The highest BCUT2D eigenvalue weighted by Gasteiger charge is 2.50. The molecule has 2 atom stereocenters. The molecule has 1 aliphatic carbocycles. The molecule has 1 aromatic carbocycles. The van der Waals surface area contributed by atoms with Gasteiger partial charge in [0.2, 0.25) is 0 Å². The molecule has 1 aliphatic heterocycles. The average molecular weight is 419 g/mol. The third kappa shape index (κ3) is 4.20. The quantitative estimate of drug-likeness (QED) is 0.533. The lowest BCUT2D eigenvalue weighted by molar-refractivity contribution is -0.150. The molecular formula is C21H26N2O3S2. The summed E-state index contributed by atoms with van der Waals surface area (Å²) in [6, 6.07) is 8.18. The number of thioether (sulfide) groups is 1. The van der Waals surface area contributed by atoms with E-state index in [1.54, 1.807) is 11.3 Å². The van der Waals surface area contributed by atoms with Crippen LogP contribution in [-0.4, -0.2) is 46.7 Å². The number of ether oxygens (including phenoxy) is 1. The summed E-state index contributed by atoms with van der Waals surface area (Å²) in [5.41, 5.74) is 1.39. The number of fused-ring (bicyclic) bond motifs is 3. The van der Waals surface area contributed by atoms with Crippen molar-refractivity contribution in [1.82, 2.24) is 9.88 Å². The Balaban J connectivity index is 1.27. The molecule has 28 heavy (non-hydrogen) atoms. The number of likely N-dealkylation sites (tertiary alicyclic amines) is 1. The van der Waals surface area contributed by atoms with Gasteiger partial charge in [0.15, 0.2) is 10.9 Å². The Morgan fingerprint density at radius 3 is 2.86 bits per heavy atom. The number of rotatable bonds is 5. The maximum absolute atomic E-state index is 12.7. The highest BCUT2D eigenvalue weighted by Crippen LogP contribution is 2.52. The van der Waals surface area contributed by atoms with Crippen LogP contribution in [0.25, 0.3) is 10.2 Å². The number of hydrogen-bond donors (Lipinski definition) is 0. The first-order valence-corrected chi connectivity index (χ1v) is 11.5. The molecular weight excluding hydrogens is 392 g/mol. The molecule has 1 saturated carbocycles. The van der Waals surface area contributed by atoms with Gasteiger partial charge in [0.1, 0.15) is 0 Å². The van der Waals surface area contributed by atoms with E-state index in [4.69, 9.17) is 4.74 Å². The second kappa shape index (κ2) is 7.34. The smallest absolute Gasteiger partial charge is 0.316 e. The van der Waals surface area contributed by atoms with Crippen LogP contribution in [0.2, 0.25) is 0 Å². The Hall–Kier alpha value is -1.60. The van der Waals surface area contributed by atoms with Gasteiger partial charge in [0, 0.05) is 12.6 Å². The Morgan fingerprint density at radius 2 is 2.07 bits per heavy atom. The lowest BCUT2D eigenvalue weighted by atomic mass is 9.65. The zero-order chi connectivity index (χ0) is 19.9. The Bertz CT molecular complexity index is 877. The predicted molar refractivity (Wildman–Crippen MR) is 113 cm³/mol. The third-order valence-corrected chi connectivity index (χ3v) is 7.83. The van der Waals surface area contributed by atoms with E-state index in [0.717, 1.165) is 40.4 Å². The zero-order valence-electron chi connectivity index (χ0n) is 16.6. The van der Waals surface area contributed by atoms with E-state index in [2.05, 4.69) is 25.8 Å². The summed E-state index contributed by atoms with van der Waals surface area (Å²) in [6.45, 7) is 7.45. The minimum atomic E-state index is -0.369. The average Bonchev–Trinajstić information content (AvgIpc) is 3.14. The van der Waals surface area contributed by atoms with E-state index in [1.807, 2.05) is 29.2 Å². The number of nitrogens with zero attached hydrogens (tertiary/aromatic N) is 2. The number of thiazole rings is 1. The minimum absolute atomic E-state index is 0.0650. The van der Waals surface area contributed by atoms with E-state index >= 15 is 0 Å². The number of para-hydroxylation sites is 1. The summed E-state index contributed by atoms with van der Waals surface area (Å²) < 4.78 is 7.21. The van der Waals surface area contributed by atoms with Gasteiger partial charge in [-0.15, -0.1) is 11.3 Å². The zero-order valence-corrected chi connectivity index (χ0v) is 18.2. The number of carbonyl (C=O) groups excluding carboxylic acids is 2. The van der Waals surface area contributed by atoms with E-state index in [9.17, 15) is 9.59 Å². The summed E-state index contributed by atoms with van der Waals surface area (Å²) in [7, 11) is 0. The molecule has 150 valence electrons. The monoisotopic (exact) mass is 418 g/mol. The number of aromatic nitrogens is 1. The fourth-order valence-electron chi connectivity index (χ4n) is 5.05. The van der Waals surface area contributed by atoms with E-state index in [1.165, 1.54) is 11.8 Å². The van der Waals surface area contributed by atoms with Crippen LogP contribution in [-0.2, 0) is 14.3 Å². The molecule has 0 N–H and O–H groups in total. The van der Waals surface area contributed by atoms with Crippen LogP contribution in [0.1, 0.15) is 40.0 Å². The summed E-state index contributed by atoms with van der Waals surface area (Å²) in [6.07, 6.45) is 3.22. The van der Waals surface area contributed by atoms with Crippen LogP contribution in [0, 0.1) is 10.8 Å². The van der Waals surface area contributed by atoms with Crippen LogP contribution < -0.4 is 0 Å². The van der Waals surface area contributed by atoms with E-state index < -0.39 is 0 Å². The van der Waals surface area contributed by atoms with Gasteiger partial charge in [-0.25, -0.2) is 4.98 Å². The largest absolute Gasteiger partial charge is 0.455 e. The molecule has 2 heterocycles. The van der Waals surface area contributed by atoms with Crippen LogP contribution in [0.5, 0.6) is 0 Å². The minimum Gasteiger partial charge on any atom is -0.455 e. The highest BCUT2D eigenvalue weighted by molar-refractivity contribution is 8.01. The van der Waals surface area contributed by atoms with Crippen molar-refractivity contribution in [2.45, 2.75) is 50.4 Å². The van der Waals surface area contributed by atoms with Crippen molar-refractivity contribution >= 4 is 45.2 Å². The van der Waals surface area contributed by atoms with Crippen LogP contribution in [0.15, 0.2) is 28.6 Å². The fraction of sp³-hybridized carbons (Fsp3) is 0.571. The first kappa shape index (κ1) is 19.7. The maximum atomic E-state index is 12.7. The first-order valence-electron chi connectivity index (χ1n) is 9.67. The van der Waals surface area contributed by atoms with E-state index in [0.29, 0.717) is 0 Å². The summed E-state index contributed by atoms with van der Waals surface area (Å²) in [4.78, 5) is 31.2. The van der Waals surface area contributed by atoms with Gasteiger partial charge in [-0.3, -0.25) is 9.59 Å². The van der Waals surface area contributed by atoms with Crippen LogP contribution in [0.3, 0.4) is 0 Å². The van der Waals surface area contributed by atoms with Crippen molar-refractivity contribution in [1.29, 1.82) is 0 Å². The standard InChI is InChI=1S/C21H26N2O3S2/c1-20(2)8-14-9-21(3,12-20)13-23(14)17(24)10-26-18(25)11-27-19-22-15-6-4-5-7-16(15)28-19/h4-7,14H,8-13H2,1-3H3/t14-,21-/m0/s1. The molecule has 2 aromatic rings. The number of esters is 1. The molecule has 0 radical (unpaired) electrons. The normalized spacial score (nSPS) is 25.8. The number of carbonyl (C=O) groups is 2. The Kier molecular flexibility index (Phi) is 5.16. The van der Waals surface area contributed by atoms with Gasteiger partial charge in [0.25, 0.3) is 5.91 Å². The summed E-state index contributed by atoms with van der Waals surface area (Å²) in [5, 5.41) is 0. The first-order chi connectivity index (χ1) is 13.2. The van der Waals surface area contributed by atoms with Crippen LogP contribution >= 0.6 is 23.1 Å². The van der Waals surface area contributed by atoms with Crippen molar-refractivity contribution in [2.75, 3.05) is 18.9 Å². The second-order valence-corrected chi connectivity index (χ2v) is 11.4. The van der Waals surface area contributed by atoms with Crippen molar-refractivity contribution in [3.8, 4) is 0 Å². The van der Waals surface area contributed by atoms with Gasteiger partial charge in [-0.1, -0.05) is 44.7 Å². The third-order valence-electron chi connectivity index (χ3n) is 5.68. The highest BCUT2D eigenvalue weighted by atomic mass is 32.2. The molecule has 5 nitrogen and oxygen atoms in total. The molecule has 4 rings (SSSR count). The van der Waals surface area contributed by atoms with E-state index in [-0.39, 0.29) is 41.1 Å². The molecule has 1 amide bonds. The topological polar surface area (TPSA) is 59.5 Å². The van der Waals surface area contributed by atoms with Gasteiger partial charge >= 0.3 is 5.97 Å². The molecule has 7 heteroatoms. The number of benzene rings is 1. The lowest BCUT2D eigenvalue weighted by Crippen LogP contribution is -2.40. The van der Waals surface area contributed by atoms with Gasteiger partial charge < -0.3 is 9.64 Å². The SMILES string of the molecule is CC1(C)C[C@H]2C[C@](C)(CN2C(=O)COC(=O)CSc2nc3ccccc3s2)C1. The Morgan fingerprint density at radius 1 is 1.29 bits per heavy atom. The lowest BCUT2D eigenvalue weighted by Gasteiger charge is -2.39. The van der Waals surface area contributed by atoms with Crippen molar-refractivity contribution in [3.05, 3.63) is 24.3 Å². The van der Waals surface area contributed by atoms with Crippen molar-refractivity contribution < 1.29 is 14.3 Å². The van der Waals surface area contributed by atoms with Crippen LogP contribution in [0.4, 0.5) is 0 Å². The molecule has 0 unspecified atom stereocenters. The molecule has 1 saturated heterocycles.